The van der Waals surface area contributed by atoms with Crippen LogP contribution in [0.5, 0.6) is 5.75 Å². The van der Waals surface area contributed by atoms with Crippen LogP contribution < -0.4 is 14.5 Å². The van der Waals surface area contributed by atoms with Crippen molar-refractivity contribution in [2.24, 2.45) is 0 Å². The molecule has 4 rings (SSSR count). The third-order valence-corrected chi connectivity index (χ3v) is 4.54. The van der Waals surface area contributed by atoms with Gasteiger partial charge >= 0.3 is 6.09 Å². The molecule has 0 saturated carbocycles. The summed E-state index contributed by atoms with van der Waals surface area (Å²) >= 11 is 0. The number of nitrogens with zero attached hydrogens (tertiary/aromatic N) is 4. The lowest BCUT2D eigenvalue weighted by Gasteiger charge is -2.36. The Balaban J connectivity index is 1.64. The van der Waals surface area contributed by atoms with Crippen LogP contribution in [0.4, 0.5) is 21.9 Å². The standard InChI is InChI=1S/C20H18N4O3/c1-27-16-12-21-19(22-13-16)14-6-8-15(9-7-14)23-10-11-24(20(25)26)18-5-3-2-4-17(18)23/h2-9,12-13H,10-11H2,1H3,(H,25,26). The van der Waals surface area contributed by atoms with Gasteiger partial charge in [-0.05, 0) is 36.4 Å². The highest BCUT2D eigenvalue weighted by atomic mass is 16.5. The molecule has 136 valence electrons. The lowest BCUT2D eigenvalue weighted by atomic mass is 10.1. The maximum Gasteiger partial charge on any atom is 0.411 e. The number of benzene rings is 2. The van der Waals surface area contributed by atoms with Crippen molar-refractivity contribution in [1.82, 2.24) is 9.97 Å². The van der Waals surface area contributed by atoms with E-state index in [-0.39, 0.29) is 0 Å². The van der Waals surface area contributed by atoms with Crippen LogP contribution in [0.15, 0.2) is 60.9 Å². The van der Waals surface area contributed by atoms with Gasteiger partial charge < -0.3 is 14.7 Å². The van der Waals surface area contributed by atoms with Gasteiger partial charge in [0.15, 0.2) is 11.6 Å². The fourth-order valence-corrected chi connectivity index (χ4v) is 3.19. The van der Waals surface area contributed by atoms with Gasteiger partial charge in [0.25, 0.3) is 0 Å². The summed E-state index contributed by atoms with van der Waals surface area (Å²) in [4.78, 5) is 23.6. The van der Waals surface area contributed by atoms with E-state index in [9.17, 15) is 9.90 Å². The predicted octanol–water partition coefficient (Wildman–Crippen LogP) is 3.79. The highest BCUT2D eigenvalue weighted by Gasteiger charge is 2.26. The highest BCUT2D eigenvalue weighted by molar-refractivity contribution is 5.94. The fourth-order valence-electron chi connectivity index (χ4n) is 3.19. The van der Waals surface area contributed by atoms with Crippen molar-refractivity contribution in [2.45, 2.75) is 0 Å². The van der Waals surface area contributed by atoms with E-state index in [1.165, 1.54) is 4.90 Å². The van der Waals surface area contributed by atoms with Gasteiger partial charge in [0.05, 0.1) is 30.9 Å². The quantitative estimate of drug-likeness (QED) is 0.764. The first-order valence-corrected chi connectivity index (χ1v) is 8.51. The lowest BCUT2D eigenvalue weighted by molar-refractivity contribution is 0.201. The van der Waals surface area contributed by atoms with Crippen molar-refractivity contribution in [2.75, 3.05) is 30.0 Å². The predicted molar refractivity (Wildman–Crippen MR) is 103 cm³/mol. The molecule has 0 saturated heterocycles. The monoisotopic (exact) mass is 362 g/mol. The van der Waals surface area contributed by atoms with E-state index in [4.69, 9.17) is 4.74 Å². The number of para-hydroxylation sites is 2. The van der Waals surface area contributed by atoms with Crippen molar-refractivity contribution in [3.05, 3.63) is 60.9 Å². The summed E-state index contributed by atoms with van der Waals surface area (Å²) in [6.45, 7) is 0.997. The zero-order chi connectivity index (χ0) is 18.8. The van der Waals surface area contributed by atoms with Gasteiger partial charge in [-0.15, -0.1) is 0 Å². The second-order valence-electron chi connectivity index (χ2n) is 6.07. The van der Waals surface area contributed by atoms with Gasteiger partial charge in [-0.1, -0.05) is 12.1 Å². The number of fused-ring (bicyclic) bond motifs is 1. The minimum atomic E-state index is -0.936. The average molecular weight is 362 g/mol. The normalized spacial score (nSPS) is 13.2. The molecule has 1 N–H and O–H groups in total. The van der Waals surface area contributed by atoms with Crippen LogP contribution in [0.3, 0.4) is 0 Å². The molecule has 0 radical (unpaired) electrons. The SMILES string of the molecule is COc1cnc(-c2ccc(N3CCN(C(=O)O)c4ccccc43)cc2)nc1. The second-order valence-corrected chi connectivity index (χ2v) is 6.07. The molecule has 2 heterocycles. The van der Waals surface area contributed by atoms with Gasteiger partial charge in [-0.25, -0.2) is 14.8 Å². The van der Waals surface area contributed by atoms with Gasteiger partial charge in [0, 0.05) is 24.3 Å². The smallest absolute Gasteiger partial charge is 0.411 e. The molecule has 27 heavy (non-hydrogen) atoms. The first-order chi connectivity index (χ1) is 13.2. The number of rotatable bonds is 3. The van der Waals surface area contributed by atoms with Crippen molar-refractivity contribution >= 4 is 23.2 Å². The number of carboxylic acid groups (broad SMARTS) is 1. The van der Waals surface area contributed by atoms with E-state index < -0.39 is 6.09 Å². The van der Waals surface area contributed by atoms with E-state index in [1.807, 2.05) is 48.5 Å². The topological polar surface area (TPSA) is 78.8 Å². The minimum absolute atomic E-state index is 0.412. The van der Waals surface area contributed by atoms with Gasteiger partial charge in [-0.3, -0.25) is 4.90 Å². The van der Waals surface area contributed by atoms with Crippen LogP contribution >= 0.6 is 0 Å². The van der Waals surface area contributed by atoms with Crippen LogP contribution in [-0.4, -0.2) is 41.4 Å². The zero-order valence-corrected chi connectivity index (χ0v) is 14.7. The number of carbonyl (C=O) groups is 1. The number of amides is 1. The Labute approximate surface area is 156 Å². The Morgan fingerprint density at radius 3 is 2.30 bits per heavy atom. The van der Waals surface area contributed by atoms with Gasteiger partial charge in [0.1, 0.15) is 0 Å². The molecule has 1 aliphatic rings. The van der Waals surface area contributed by atoms with Crippen molar-refractivity contribution in [3.63, 3.8) is 0 Å². The van der Waals surface area contributed by atoms with E-state index in [0.717, 1.165) is 16.9 Å². The van der Waals surface area contributed by atoms with Crippen molar-refractivity contribution in [1.29, 1.82) is 0 Å². The van der Waals surface area contributed by atoms with E-state index in [2.05, 4.69) is 14.9 Å². The average Bonchev–Trinajstić information content (AvgIpc) is 2.73. The molecule has 1 aliphatic heterocycles. The van der Waals surface area contributed by atoms with E-state index in [1.54, 1.807) is 19.5 Å². The number of ether oxygens (including phenoxy) is 1. The van der Waals surface area contributed by atoms with Crippen LogP contribution in [0.25, 0.3) is 11.4 Å². The zero-order valence-electron chi connectivity index (χ0n) is 14.7. The molecule has 7 heteroatoms. The Morgan fingerprint density at radius 2 is 1.67 bits per heavy atom. The Bertz CT molecular complexity index is 958. The van der Waals surface area contributed by atoms with Crippen LogP contribution in [-0.2, 0) is 0 Å². The number of anilines is 3. The summed E-state index contributed by atoms with van der Waals surface area (Å²) in [5.41, 5.74) is 3.46. The molecule has 3 aromatic rings. The van der Waals surface area contributed by atoms with E-state index >= 15 is 0 Å². The molecular weight excluding hydrogens is 344 g/mol. The molecule has 0 spiro atoms. The van der Waals surface area contributed by atoms with Crippen LogP contribution in [0, 0.1) is 0 Å². The lowest BCUT2D eigenvalue weighted by Crippen LogP contribution is -2.41. The second kappa shape index (κ2) is 6.95. The van der Waals surface area contributed by atoms with Gasteiger partial charge in [0.2, 0.25) is 0 Å². The van der Waals surface area contributed by atoms with Crippen LogP contribution in [0.1, 0.15) is 0 Å². The number of hydrogen-bond acceptors (Lipinski definition) is 5. The summed E-state index contributed by atoms with van der Waals surface area (Å²) < 4.78 is 5.08. The molecule has 7 nitrogen and oxygen atoms in total. The number of hydrogen-bond donors (Lipinski definition) is 1. The number of methoxy groups -OCH3 is 1. The summed E-state index contributed by atoms with van der Waals surface area (Å²) in [5.74, 6) is 1.24. The molecule has 0 aliphatic carbocycles. The maximum absolute atomic E-state index is 11.5. The molecule has 0 fully saturated rings. The minimum Gasteiger partial charge on any atom is -0.494 e. The first-order valence-electron chi connectivity index (χ1n) is 8.51. The largest absolute Gasteiger partial charge is 0.494 e. The van der Waals surface area contributed by atoms with Gasteiger partial charge in [-0.2, -0.15) is 0 Å². The highest BCUT2D eigenvalue weighted by Crippen LogP contribution is 2.37. The van der Waals surface area contributed by atoms with Crippen LogP contribution in [0.2, 0.25) is 0 Å². The molecule has 1 amide bonds. The number of aromatic nitrogens is 2. The molecule has 0 unspecified atom stereocenters. The summed E-state index contributed by atoms with van der Waals surface area (Å²) in [6, 6.07) is 15.4. The molecule has 0 atom stereocenters. The van der Waals surface area contributed by atoms with Crippen molar-refractivity contribution < 1.29 is 14.6 Å². The van der Waals surface area contributed by atoms with E-state index in [0.29, 0.717) is 30.4 Å². The molecule has 2 aromatic carbocycles. The third kappa shape index (κ3) is 3.15. The third-order valence-electron chi connectivity index (χ3n) is 4.54. The maximum atomic E-state index is 11.5. The molecule has 1 aromatic heterocycles. The Morgan fingerprint density at radius 1 is 1.00 bits per heavy atom. The summed E-state index contributed by atoms with van der Waals surface area (Å²) in [5, 5.41) is 9.43. The molecular formula is C20H18N4O3. The molecule has 0 bridgehead atoms. The first kappa shape index (κ1) is 16.8. The summed E-state index contributed by atoms with van der Waals surface area (Å²) in [7, 11) is 1.58. The van der Waals surface area contributed by atoms with Crippen molar-refractivity contribution in [3.8, 4) is 17.1 Å². The Hall–Kier alpha value is -3.61. The summed E-state index contributed by atoms with van der Waals surface area (Å²) in [6.07, 6.45) is 2.34. The Kier molecular flexibility index (Phi) is 4.33. The fraction of sp³-hybridized carbons (Fsp3) is 0.150.